The van der Waals surface area contributed by atoms with Crippen molar-refractivity contribution in [3.8, 4) is 0 Å². The summed E-state index contributed by atoms with van der Waals surface area (Å²) in [5.74, 6) is -1.62. The summed E-state index contributed by atoms with van der Waals surface area (Å²) in [6, 6.07) is 9.23. The number of amides is 1. The summed E-state index contributed by atoms with van der Waals surface area (Å²) in [6.07, 6.45) is 1.42. The van der Waals surface area contributed by atoms with E-state index in [2.05, 4.69) is 5.32 Å². The lowest BCUT2D eigenvalue weighted by atomic mass is 10.1. The first-order valence-electron chi connectivity index (χ1n) is 9.63. The third kappa shape index (κ3) is 4.91. The normalized spacial score (nSPS) is 13.4. The molecule has 0 spiro atoms. The van der Waals surface area contributed by atoms with Crippen LogP contribution in [0.2, 0.25) is 0 Å². The lowest BCUT2D eigenvalue weighted by molar-refractivity contribution is -0.385. The molecular formula is C21H22FN3O5. The van der Waals surface area contributed by atoms with Gasteiger partial charge in [-0.25, -0.2) is 9.18 Å². The van der Waals surface area contributed by atoms with Crippen LogP contribution in [0.3, 0.4) is 0 Å². The van der Waals surface area contributed by atoms with Gasteiger partial charge in [-0.05, 0) is 24.5 Å². The Labute approximate surface area is 172 Å². The second-order valence-corrected chi connectivity index (χ2v) is 6.92. The van der Waals surface area contributed by atoms with Crippen LogP contribution < -0.4 is 5.32 Å². The van der Waals surface area contributed by atoms with Crippen molar-refractivity contribution in [3.05, 3.63) is 69.0 Å². The summed E-state index contributed by atoms with van der Waals surface area (Å²) in [6.45, 7) is 3.07. The van der Waals surface area contributed by atoms with E-state index in [1.807, 2.05) is 24.3 Å². The Morgan fingerprint density at radius 2 is 2.07 bits per heavy atom. The molecule has 1 saturated heterocycles. The van der Waals surface area contributed by atoms with E-state index in [9.17, 15) is 24.1 Å². The number of hydrogen-bond donors (Lipinski definition) is 1. The zero-order chi connectivity index (χ0) is 21.7. The van der Waals surface area contributed by atoms with E-state index in [-0.39, 0.29) is 30.3 Å². The Hall–Kier alpha value is -3.49. The molecule has 9 heteroatoms. The van der Waals surface area contributed by atoms with Crippen molar-refractivity contribution in [2.75, 3.05) is 18.5 Å². The Kier molecular flexibility index (Phi) is 6.61. The van der Waals surface area contributed by atoms with Gasteiger partial charge in [0, 0.05) is 32.1 Å². The molecule has 0 atom stereocenters. The van der Waals surface area contributed by atoms with Gasteiger partial charge in [0.05, 0.1) is 28.8 Å². The Morgan fingerprint density at radius 3 is 2.73 bits per heavy atom. The van der Waals surface area contributed by atoms with Crippen molar-refractivity contribution in [2.24, 2.45) is 0 Å². The van der Waals surface area contributed by atoms with Gasteiger partial charge in [0.2, 0.25) is 5.91 Å². The highest BCUT2D eigenvalue weighted by Crippen LogP contribution is 2.28. The van der Waals surface area contributed by atoms with Crippen LogP contribution in [0.5, 0.6) is 0 Å². The van der Waals surface area contributed by atoms with E-state index in [0.29, 0.717) is 13.0 Å². The molecule has 8 nitrogen and oxygen atoms in total. The number of carbonyl (C=O) groups excluding carboxylic acids is 2. The Balaban J connectivity index is 1.79. The lowest BCUT2D eigenvalue weighted by Crippen LogP contribution is -2.23. The van der Waals surface area contributed by atoms with E-state index < -0.39 is 22.4 Å². The number of nitrogens with one attached hydrogen (secondary N) is 1. The molecule has 30 heavy (non-hydrogen) atoms. The van der Waals surface area contributed by atoms with Crippen molar-refractivity contribution in [2.45, 2.75) is 32.9 Å². The highest BCUT2D eigenvalue weighted by molar-refractivity contribution is 5.96. The molecule has 1 amide bonds. The van der Waals surface area contributed by atoms with Gasteiger partial charge < -0.3 is 15.0 Å². The molecule has 1 N–H and O–H groups in total. The molecule has 0 unspecified atom stereocenters. The monoisotopic (exact) mass is 415 g/mol. The minimum absolute atomic E-state index is 0.0554. The summed E-state index contributed by atoms with van der Waals surface area (Å²) >= 11 is 0. The molecule has 0 radical (unpaired) electrons. The van der Waals surface area contributed by atoms with Crippen LogP contribution in [0.4, 0.5) is 15.8 Å². The molecule has 1 aliphatic rings. The molecule has 0 saturated carbocycles. The molecule has 1 aliphatic heterocycles. The van der Waals surface area contributed by atoms with Crippen molar-refractivity contribution in [1.82, 2.24) is 4.90 Å². The number of likely N-dealkylation sites (tertiary alicyclic amines) is 1. The topological polar surface area (TPSA) is 102 Å². The summed E-state index contributed by atoms with van der Waals surface area (Å²) in [5.41, 5.74) is 0.839. The van der Waals surface area contributed by atoms with Crippen LogP contribution in [0.15, 0.2) is 36.4 Å². The van der Waals surface area contributed by atoms with Crippen molar-refractivity contribution < 1.29 is 23.6 Å². The molecule has 2 aromatic carbocycles. The Bertz CT molecular complexity index is 979. The number of non-ortho nitro benzene ring substituents is 1. The molecule has 1 fully saturated rings. The third-order valence-electron chi connectivity index (χ3n) is 4.79. The number of rotatable bonds is 8. The smallest absolute Gasteiger partial charge is 0.340 e. The van der Waals surface area contributed by atoms with Crippen LogP contribution in [-0.2, 0) is 22.6 Å². The number of anilines is 1. The highest BCUT2D eigenvalue weighted by atomic mass is 19.1. The molecule has 0 aromatic heterocycles. The van der Waals surface area contributed by atoms with Gasteiger partial charge in [0.1, 0.15) is 0 Å². The average molecular weight is 415 g/mol. The minimum atomic E-state index is -0.911. The zero-order valence-corrected chi connectivity index (χ0v) is 16.5. The molecule has 1 heterocycles. The first-order chi connectivity index (χ1) is 14.4. The number of nitro benzene ring substituents is 1. The zero-order valence-electron chi connectivity index (χ0n) is 16.5. The van der Waals surface area contributed by atoms with Gasteiger partial charge in [-0.15, -0.1) is 0 Å². The van der Waals surface area contributed by atoms with Gasteiger partial charge in [0.15, 0.2) is 5.82 Å². The van der Waals surface area contributed by atoms with E-state index in [1.54, 1.807) is 11.8 Å². The number of nitrogens with zero attached hydrogens (tertiary/aromatic N) is 2. The summed E-state index contributed by atoms with van der Waals surface area (Å²) < 4.78 is 19.5. The molecule has 3 rings (SSSR count). The molecular weight excluding hydrogens is 393 g/mol. The first-order valence-corrected chi connectivity index (χ1v) is 9.63. The van der Waals surface area contributed by atoms with E-state index in [1.165, 1.54) is 0 Å². The fourth-order valence-corrected chi connectivity index (χ4v) is 3.37. The Morgan fingerprint density at radius 1 is 1.30 bits per heavy atom. The number of benzene rings is 2. The SMILES string of the molecule is CCOC(=O)c1cc([N+](=O)[O-])cc(F)c1NCc1cccc(CN2CCCC2=O)c1. The largest absolute Gasteiger partial charge is 0.462 e. The average Bonchev–Trinajstić information content (AvgIpc) is 3.11. The first kappa shape index (κ1) is 21.2. The number of halogens is 1. The number of nitro groups is 1. The van der Waals surface area contributed by atoms with Crippen LogP contribution in [-0.4, -0.2) is 34.9 Å². The quantitative estimate of drug-likeness (QED) is 0.401. The van der Waals surface area contributed by atoms with Crippen LogP contribution >= 0.6 is 0 Å². The van der Waals surface area contributed by atoms with Gasteiger partial charge in [0.25, 0.3) is 5.69 Å². The second kappa shape index (κ2) is 9.34. The summed E-state index contributed by atoms with van der Waals surface area (Å²) in [4.78, 5) is 36.1. The summed E-state index contributed by atoms with van der Waals surface area (Å²) in [5, 5.41) is 13.9. The maximum Gasteiger partial charge on any atom is 0.340 e. The van der Waals surface area contributed by atoms with E-state index >= 15 is 0 Å². The minimum Gasteiger partial charge on any atom is -0.462 e. The summed E-state index contributed by atoms with van der Waals surface area (Å²) in [7, 11) is 0. The van der Waals surface area contributed by atoms with Crippen molar-refractivity contribution in [1.29, 1.82) is 0 Å². The third-order valence-corrected chi connectivity index (χ3v) is 4.79. The van der Waals surface area contributed by atoms with Gasteiger partial charge in [-0.2, -0.15) is 0 Å². The number of hydrogen-bond acceptors (Lipinski definition) is 6. The number of carbonyl (C=O) groups is 2. The van der Waals surface area contributed by atoms with E-state index in [4.69, 9.17) is 4.74 Å². The molecule has 0 bridgehead atoms. The van der Waals surface area contributed by atoms with Crippen LogP contribution in [0.25, 0.3) is 0 Å². The van der Waals surface area contributed by atoms with Crippen LogP contribution in [0, 0.1) is 15.9 Å². The highest BCUT2D eigenvalue weighted by Gasteiger charge is 2.23. The predicted octanol–water partition coefficient (Wildman–Crippen LogP) is 3.65. The lowest BCUT2D eigenvalue weighted by Gasteiger charge is -2.16. The van der Waals surface area contributed by atoms with Crippen molar-refractivity contribution >= 4 is 23.3 Å². The second-order valence-electron chi connectivity index (χ2n) is 6.92. The standard InChI is InChI=1S/C21H22FN3O5/c1-2-30-21(27)17-10-16(25(28)29)11-18(22)20(17)23-12-14-5-3-6-15(9-14)13-24-8-4-7-19(24)26/h3,5-6,9-11,23H,2,4,7-8,12-13H2,1H3. The van der Waals surface area contributed by atoms with Crippen molar-refractivity contribution in [3.63, 3.8) is 0 Å². The fourth-order valence-electron chi connectivity index (χ4n) is 3.37. The molecule has 2 aromatic rings. The molecule has 158 valence electrons. The van der Waals surface area contributed by atoms with Gasteiger partial charge in [-0.1, -0.05) is 24.3 Å². The predicted molar refractivity (Wildman–Crippen MR) is 107 cm³/mol. The van der Waals surface area contributed by atoms with Crippen LogP contribution in [0.1, 0.15) is 41.3 Å². The number of esters is 1. The maximum atomic E-state index is 14.5. The maximum absolute atomic E-state index is 14.5. The number of ether oxygens (including phenoxy) is 1. The van der Waals surface area contributed by atoms with Gasteiger partial charge >= 0.3 is 5.97 Å². The fraction of sp³-hybridized carbons (Fsp3) is 0.333. The van der Waals surface area contributed by atoms with E-state index in [0.717, 1.165) is 36.2 Å². The van der Waals surface area contributed by atoms with Gasteiger partial charge in [-0.3, -0.25) is 14.9 Å². The molecule has 0 aliphatic carbocycles.